The monoisotopic (exact) mass is 279 g/mol. The highest BCUT2D eigenvalue weighted by Crippen LogP contribution is 2.17. The Hall–Kier alpha value is -1.47. The summed E-state index contributed by atoms with van der Waals surface area (Å²) in [7, 11) is 0. The number of rotatable bonds is 3. The number of carbonyl (C=O) groups is 1. The quantitative estimate of drug-likeness (QED) is 0.821. The Morgan fingerprint density at radius 1 is 1.40 bits per heavy atom. The van der Waals surface area contributed by atoms with E-state index in [9.17, 15) is 4.79 Å². The summed E-state index contributed by atoms with van der Waals surface area (Å²) in [6, 6.07) is 0.448. The van der Waals surface area contributed by atoms with E-state index in [1.807, 2.05) is 4.68 Å². The zero-order chi connectivity index (χ0) is 13.8. The van der Waals surface area contributed by atoms with Gasteiger partial charge in [0.25, 0.3) is 5.91 Å². The van der Waals surface area contributed by atoms with Crippen LogP contribution in [0.4, 0.5) is 0 Å². The summed E-state index contributed by atoms with van der Waals surface area (Å²) < 4.78 is 7.18. The molecule has 1 atom stereocenters. The van der Waals surface area contributed by atoms with E-state index in [1.54, 1.807) is 6.20 Å². The summed E-state index contributed by atoms with van der Waals surface area (Å²) in [5.74, 6) is -0.152. The normalized spacial score (nSPS) is 24.5. The van der Waals surface area contributed by atoms with E-state index in [0.717, 1.165) is 45.4 Å². The minimum absolute atomic E-state index is 0.0975. The maximum absolute atomic E-state index is 12.1. The molecule has 20 heavy (non-hydrogen) atoms. The summed E-state index contributed by atoms with van der Waals surface area (Å²) in [5, 5.41) is 14.4. The van der Waals surface area contributed by atoms with Gasteiger partial charge in [0.1, 0.15) is 0 Å². The van der Waals surface area contributed by atoms with Gasteiger partial charge in [0.2, 0.25) is 0 Å². The third kappa shape index (κ3) is 3.16. The highest BCUT2D eigenvalue weighted by Gasteiger charge is 2.21. The van der Waals surface area contributed by atoms with Crippen LogP contribution in [0.15, 0.2) is 6.20 Å². The van der Waals surface area contributed by atoms with Crippen molar-refractivity contribution in [2.24, 2.45) is 0 Å². The molecule has 2 fully saturated rings. The minimum atomic E-state index is -0.152. The van der Waals surface area contributed by atoms with E-state index in [0.29, 0.717) is 18.3 Å². The SMILES string of the molecule is O=C(NC1CCCOC1)c1cn(C2CCNCC2)nn1. The molecule has 3 rings (SSSR count). The molecule has 2 saturated heterocycles. The third-order valence-corrected chi connectivity index (χ3v) is 3.92. The average molecular weight is 279 g/mol. The molecule has 2 N–H and O–H groups in total. The van der Waals surface area contributed by atoms with Crippen LogP contribution in [0, 0.1) is 0 Å². The molecule has 1 unspecified atom stereocenters. The van der Waals surface area contributed by atoms with E-state index >= 15 is 0 Å². The highest BCUT2D eigenvalue weighted by atomic mass is 16.5. The van der Waals surface area contributed by atoms with Crippen LogP contribution in [0.5, 0.6) is 0 Å². The molecule has 2 aliphatic rings. The third-order valence-electron chi connectivity index (χ3n) is 3.92. The Morgan fingerprint density at radius 2 is 2.25 bits per heavy atom. The smallest absolute Gasteiger partial charge is 0.273 e. The summed E-state index contributed by atoms with van der Waals surface area (Å²) in [6.07, 6.45) is 5.78. The number of nitrogens with one attached hydrogen (secondary N) is 2. The first kappa shape index (κ1) is 13.5. The fourth-order valence-corrected chi connectivity index (χ4v) is 2.74. The zero-order valence-electron chi connectivity index (χ0n) is 11.5. The van der Waals surface area contributed by atoms with Crippen LogP contribution in [-0.2, 0) is 4.74 Å². The van der Waals surface area contributed by atoms with E-state index in [2.05, 4.69) is 20.9 Å². The minimum Gasteiger partial charge on any atom is -0.379 e. The Bertz CT molecular complexity index is 449. The van der Waals surface area contributed by atoms with Crippen molar-refractivity contribution < 1.29 is 9.53 Å². The van der Waals surface area contributed by atoms with Crippen molar-refractivity contribution in [2.75, 3.05) is 26.3 Å². The summed E-state index contributed by atoms with van der Waals surface area (Å²) >= 11 is 0. The first-order chi connectivity index (χ1) is 9.83. The number of carbonyl (C=O) groups excluding carboxylic acids is 1. The van der Waals surface area contributed by atoms with Crippen LogP contribution < -0.4 is 10.6 Å². The van der Waals surface area contributed by atoms with Crippen molar-refractivity contribution in [2.45, 2.75) is 37.8 Å². The molecule has 110 valence electrons. The fourth-order valence-electron chi connectivity index (χ4n) is 2.74. The molecular formula is C13H21N5O2. The molecule has 1 aromatic rings. The maximum atomic E-state index is 12.1. The molecule has 0 radical (unpaired) electrons. The number of nitrogens with zero attached hydrogens (tertiary/aromatic N) is 3. The van der Waals surface area contributed by atoms with Crippen LogP contribution in [-0.4, -0.2) is 53.2 Å². The molecule has 3 heterocycles. The summed E-state index contributed by atoms with van der Waals surface area (Å²) in [5.41, 5.74) is 0.397. The van der Waals surface area contributed by atoms with Gasteiger partial charge in [-0.25, -0.2) is 4.68 Å². The van der Waals surface area contributed by atoms with Crippen molar-refractivity contribution in [3.8, 4) is 0 Å². The van der Waals surface area contributed by atoms with Gasteiger partial charge < -0.3 is 15.4 Å². The number of amides is 1. The van der Waals surface area contributed by atoms with Gasteiger partial charge in [-0.15, -0.1) is 5.10 Å². The predicted octanol–water partition coefficient (Wildman–Crippen LogP) is 0.111. The highest BCUT2D eigenvalue weighted by molar-refractivity contribution is 5.92. The average Bonchev–Trinajstić information content (AvgIpc) is 2.99. The van der Waals surface area contributed by atoms with E-state index in [4.69, 9.17) is 4.74 Å². The van der Waals surface area contributed by atoms with E-state index in [-0.39, 0.29) is 11.9 Å². The van der Waals surface area contributed by atoms with Crippen molar-refractivity contribution in [1.29, 1.82) is 0 Å². The molecule has 0 spiro atoms. The number of hydrogen-bond donors (Lipinski definition) is 2. The van der Waals surface area contributed by atoms with E-state index in [1.165, 1.54) is 0 Å². The summed E-state index contributed by atoms with van der Waals surface area (Å²) in [6.45, 7) is 3.36. The van der Waals surface area contributed by atoms with Gasteiger partial charge in [-0.2, -0.15) is 0 Å². The first-order valence-electron chi connectivity index (χ1n) is 7.34. The second kappa shape index (κ2) is 6.32. The molecule has 1 amide bonds. The van der Waals surface area contributed by atoms with Crippen molar-refractivity contribution in [3.05, 3.63) is 11.9 Å². The van der Waals surface area contributed by atoms with Crippen LogP contribution in [0.1, 0.15) is 42.2 Å². The van der Waals surface area contributed by atoms with Gasteiger partial charge in [-0.1, -0.05) is 5.21 Å². The molecule has 0 aromatic carbocycles. The predicted molar refractivity (Wildman–Crippen MR) is 72.5 cm³/mol. The Labute approximate surface area is 118 Å². The maximum Gasteiger partial charge on any atom is 0.273 e. The number of piperidine rings is 1. The molecule has 1 aromatic heterocycles. The van der Waals surface area contributed by atoms with Crippen molar-refractivity contribution in [3.63, 3.8) is 0 Å². The molecule has 0 aliphatic carbocycles. The molecule has 7 nitrogen and oxygen atoms in total. The standard InChI is InChI=1S/C13H21N5O2/c19-13(15-10-2-1-7-20-9-10)12-8-18(17-16-12)11-3-5-14-6-4-11/h8,10-11,14H,1-7,9H2,(H,15,19). The lowest BCUT2D eigenvalue weighted by Gasteiger charge is -2.22. The lowest BCUT2D eigenvalue weighted by molar-refractivity contribution is 0.0622. The van der Waals surface area contributed by atoms with Crippen LogP contribution in [0.3, 0.4) is 0 Å². The Morgan fingerprint density at radius 3 is 3.00 bits per heavy atom. The molecular weight excluding hydrogens is 258 g/mol. The van der Waals surface area contributed by atoms with Gasteiger partial charge in [0, 0.05) is 6.61 Å². The van der Waals surface area contributed by atoms with Crippen molar-refractivity contribution in [1.82, 2.24) is 25.6 Å². The number of ether oxygens (including phenoxy) is 1. The molecule has 2 aliphatic heterocycles. The second-order valence-electron chi connectivity index (χ2n) is 5.45. The lowest BCUT2D eigenvalue weighted by atomic mass is 10.1. The second-order valence-corrected chi connectivity index (χ2v) is 5.45. The molecule has 0 bridgehead atoms. The van der Waals surface area contributed by atoms with Crippen LogP contribution in [0.2, 0.25) is 0 Å². The Kier molecular flexibility index (Phi) is 4.27. The first-order valence-corrected chi connectivity index (χ1v) is 7.34. The Balaban J connectivity index is 1.58. The fraction of sp³-hybridized carbons (Fsp3) is 0.769. The van der Waals surface area contributed by atoms with Gasteiger partial charge >= 0.3 is 0 Å². The van der Waals surface area contributed by atoms with Gasteiger partial charge in [-0.05, 0) is 38.8 Å². The van der Waals surface area contributed by atoms with Crippen LogP contribution in [0.25, 0.3) is 0 Å². The largest absolute Gasteiger partial charge is 0.379 e. The van der Waals surface area contributed by atoms with Crippen molar-refractivity contribution >= 4 is 5.91 Å². The number of hydrogen-bond acceptors (Lipinski definition) is 5. The zero-order valence-corrected chi connectivity index (χ0v) is 11.5. The van der Waals surface area contributed by atoms with E-state index < -0.39 is 0 Å². The lowest BCUT2D eigenvalue weighted by Crippen LogP contribution is -2.40. The van der Waals surface area contributed by atoms with Crippen LogP contribution >= 0.6 is 0 Å². The topological polar surface area (TPSA) is 81.1 Å². The van der Waals surface area contributed by atoms with Gasteiger partial charge in [0.05, 0.1) is 24.9 Å². The molecule has 7 heteroatoms. The number of aromatic nitrogens is 3. The molecule has 0 saturated carbocycles. The summed E-state index contributed by atoms with van der Waals surface area (Å²) in [4.78, 5) is 12.1. The van der Waals surface area contributed by atoms with Gasteiger partial charge in [-0.3, -0.25) is 4.79 Å². The van der Waals surface area contributed by atoms with Gasteiger partial charge in [0.15, 0.2) is 5.69 Å².